The van der Waals surface area contributed by atoms with Gasteiger partial charge in [-0.05, 0) is 38.1 Å². The van der Waals surface area contributed by atoms with Crippen LogP contribution in [-0.2, 0) is 0 Å². The lowest BCUT2D eigenvalue weighted by Crippen LogP contribution is -2.12. The molecule has 0 bridgehead atoms. The molecule has 0 aliphatic rings. The predicted octanol–water partition coefficient (Wildman–Crippen LogP) is 4.89. The van der Waals surface area contributed by atoms with Gasteiger partial charge >= 0.3 is 0 Å². The zero-order valence-electron chi connectivity index (χ0n) is 13.3. The van der Waals surface area contributed by atoms with Gasteiger partial charge in [-0.1, -0.05) is 0 Å². The molecule has 24 heavy (non-hydrogen) atoms. The first-order valence-electron chi connectivity index (χ1n) is 7.15. The summed E-state index contributed by atoms with van der Waals surface area (Å²) >= 11 is 3.05. The van der Waals surface area contributed by atoms with Crippen molar-refractivity contribution in [3.63, 3.8) is 0 Å². The van der Waals surface area contributed by atoms with Crippen LogP contribution in [0.2, 0.25) is 0 Å². The molecule has 1 amide bonds. The number of hydrogen-bond donors (Lipinski definition) is 1. The van der Waals surface area contributed by atoms with Crippen molar-refractivity contribution in [2.24, 2.45) is 0 Å². The number of aryl methyl sites for hydroxylation is 2. The van der Waals surface area contributed by atoms with Crippen molar-refractivity contribution in [1.82, 2.24) is 4.98 Å². The van der Waals surface area contributed by atoms with Crippen molar-refractivity contribution in [2.75, 3.05) is 12.4 Å². The number of halogens is 1. The fraction of sp³-hybridized carbons (Fsp3) is 0.176. The third kappa shape index (κ3) is 3.32. The highest BCUT2D eigenvalue weighted by molar-refractivity contribution is 7.14. The molecule has 2 aromatic heterocycles. The van der Waals surface area contributed by atoms with Crippen LogP contribution in [0.25, 0.3) is 11.3 Å². The number of nitrogens with zero attached hydrogens (tertiary/aromatic N) is 1. The maximum atomic E-state index is 13.7. The van der Waals surface area contributed by atoms with Gasteiger partial charge in [-0.15, -0.1) is 22.7 Å². The number of rotatable bonds is 4. The zero-order chi connectivity index (χ0) is 17.3. The van der Waals surface area contributed by atoms with E-state index >= 15 is 0 Å². The van der Waals surface area contributed by atoms with Gasteiger partial charge in [0, 0.05) is 26.3 Å². The highest BCUT2D eigenvalue weighted by atomic mass is 32.1. The number of hydrogen-bond acceptors (Lipinski definition) is 5. The Hall–Kier alpha value is -2.25. The van der Waals surface area contributed by atoms with Crippen LogP contribution >= 0.6 is 22.7 Å². The minimum absolute atomic E-state index is 0.103. The Balaban J connectivity index is 1.78. The molecule has 3 aromatic rings. The van der Waals surface area contributed by atoms with E-state index < -0.39 is 11.7 Å². The van der Waals surface area contributed by atoms with Gasteiger partial charge in [0.15, 0.2) is 16.7 Å². The second kappa shape index (κ2) is 6.70. The quantitative estimate of drug-likeness (QED) is 0.719. The standard InChI is InChI=1S/C17H15FN2O2S2/c1-9-6-12(10(2)24-9)14-8-23-17(19-14)20-16(21)11-4-5-15(22-3)13(18)7-11/h4-8H,1-3H3,(H,19,20,21). The van der Waals surface area contributed by atoms with Crippen LogP contribution in [0.3, 0.4) is 0 Å². The van der Waals surface area contributed by atoms with Gasteiger partial charge < -0.3 is 4.74 Å². The van der Waals surface area contributed by atoms with Crippen LogP contribution < -0.4 is 10.1 Å². The van der Waals surface area contributed by atoms with E-state index in [1.807, 2.05) is 12.3 Å². The third-order valence-electron chi connectivity index (χ3n) is 3.46. The van der Waals surface area contributed by atoms with Gasteiger partial charge in [0.05, 0.1) is 12.8 Å². The predicted molar refractivity (Wildman–Crippen MR) is 95.8 cm³/mol. The molecule has 0 fully saturated rings. The van der Waals surface area contributed by atoms with Gasteiger partial charge in [0.1, 0.15) is 0 Å². The van der Waals surface area contributed by atoms with Crippen molar-refractivity contribution in [2.45, 2.75) is 13.8 Å². The molecular formula is C17H15FN2O2S2. The van der Waals surface area contributed by atoms with E-state index in [0.717, 1.165) is 17.3 Å². The number of carbonyl (C=O) groups is 1. The topological polar surface area (TPSA) is 51.2 Å². The molecule has 3 rings (SSSR count). The van der Waals surface area contributed by atoms with Crippen LogP contribution in [0, 0.1) is 19.7 Å². The van der Waals surface area contributed by atoms with E-state index in [1.165, 1.54) is 40.3 Å². The SMILES string of the molecule is COc1ccc(C(=O)Nc2nc(-c3cc(C)sc3C)cs2)cc1F. The Morgan fingerprint density at radius 3 is 2.71 bits per heavy atom. The first-order valence-corrected chi connectivity index (χ1v) is 8.85. The summed E-state index contributed by atoms with van der Waals surface area (Å²) in [4.78, 5) is 19.1. The lowest BCUT2D eigenvalue weighted by molar-refractivity contribution is 0.102. The lowest BCUT2D eigenvalue weighted by atomic mass is 10.2. The summed E-state index contributed by atoms with van der Waals surface area (Å²) in [6, 6.07) is 6.17. The molecule has 4 nitrogen and oxygen atoms in total. The van der Waals surface area contributed by atoms with Crippen LogP contribution in [0.5, 0.6) is 5.75 Å². The second-order valence-electron chi connectivity index (χ2n) is 5.17. The molecule has 2 heterocycles. The summed E-state index contributed by atoms with van der Waals surface area (Å²) in [5, 5.41) is 5.09. The Kier molecular flexibility index (Phi) is 4.64. The first kappa shape index (κ1) is 16.6. The fourth-order valence-corrected chi connectivity index (χ4v) is 3.96. The van der Waals surface area contributed by atoms with Gasteiger partial charge in [-0.25, -0.2) is 9.37 Å². The number of ether oxygens (including phenoxy) is 1. The fourth-order valence-electron chi connectivity index (χ4n) is 2.32. The molecule has 124 valence electrons. The van der Waals surface area contributed by atoms with Gasteiger partial charge in [-0.3, -0.25) is 10.1 Å². The average molecular weight is 362 g/mol. The minimum atomic E-state index is -0.575. The summed E-state index contributed by atoms with van der Waals surface area (Å²) in [6.07, 6.45) is 0. The molecule has 0 unspecified atom stereocenters. The van der Waals surface area contributed by atoms with Crippen molar-refractivity contribution >= 4 is 33.7 Å². The molecule has 0 aliphatic carbocycles. The average Bonchev–Trinajstić information content (AvgIpc) is 3.13. The molecule has 0 atom stereocenters. The lowest BCUT2D eigenvalue weighted by Gasteiger charge is -2.05. The highest BCUT2D eigenvalue weighted by Gasteiger charge is 2.14. The summed E-state index contributed by atoms with van der Waals surface area (Å²) in [5.74, 6) is -0.878. The zero-order valence-corrected chi connectivity index (χ0v) is 15.0. The van der Waals surface area contributed by atoms with Gasteiger partial charge in [0.25, 0.3) is 5.91 Å². The van der Waals surface area contributed by atoms with Crippen LogP contribution in [0.4, 0.5) is 9.52 Å². The number of nitrogens with one attached hydrogen (secondary N) is 1. The number of thiophene rings is 1. The van der Waals surface area contributed by atoms with Crippen molar-refractivity contribution in [3.05, 3.63) is 50.8 Å². The first-order chi connectivity index (χ1) is 11.5. The van der Waals surface area contributed by atoms with E-state index in [0.29, 0.717) is 5.13 Å². The molecule has 0 spiro atoms. The maximum absolute atomic E-state index is 13.7. The minimum Gasteiger partial charge on any atom is -0.494 e. The Bertz CT molecular complexity index is 902. The molecule has 0 aliphatic heterocycles. The number of carbonyl (C=O) groups excluding carboxylic acids is 1. The number of benzene rings is 1. The van der Waals surface area contributed by atoms with Crippen LogP contribution in [-0.4, -0.2) is 18.0 Å². The monoisotopic (exact) mass is 362 g/mol. The van der Waals surface area contributed by atoms with Crippen LogP contribution in [0.15, 0.2) is 29.6 Å². The Morgan fingerprint density at radius 2 is 2.08 bits per heavy atom. The highest BCUT2D eigenvalue weighted by Crippen LogP contribution is 2.32. The summed E-state index contributed by atoms with van der Waals surface area (Å²) < 4.78 is 18.6. The summed E-state index contributed by atoms with van der Waals surface area (Å²) in [6.45, 7) is 4.10. The van der Waals surface area contributed by atoms with E-state index in [1.54, 1.807) is 11.3 Å². The van der Waals surface area contributed by atoms with Crippen LogP contribution in [0.1, 0.15) is 20.1 Å². The molecule has 7 heteroatoms. The molecule has 0 saturated heterocycles. The number of anilines is 1. The Morgan fingerprint density at radius 1 is 1.29 bits per heavy atom. The third-order valence-corrected chi connectivity index (χ3v) is 5.18. The molecule has 0 radical (unpaired) electrons. The van der Waals surface area contributed by atoms with E-state index in [-0.39, 0.29) is 11.3 Å². The number of aromatic nitrogens is 1. The Labute approximate surface area is 146 Å². The van der Waals surface area contributed by atoms with E-state index in [9.17, 15) is 9.18 Å². The van der Waals surface area contributed by atoms with Crippen molar-refractivity contribution in [1.29, 1.82) is 0 Å². The smallest absolute Gasteiger partial charge is 0.257 e. The molecule has 1 N–H and O–H groups in total. The number of thiazole rings is 1. The van der Waals surface area contributed by atoms with Crippen molar-refractivity contribution < 1.29 is 13.9 Å². The largest absolute Gasteiger partial charge is 0.494 e. The van der Waals surface area contributed by atoms with E-state index in [2.05, 4.69) is 23.3 Å². The summed E-state index contributed by atoms with van der Waals surface area (Å²) in [5.41, 5.74) is 2.12. The van der Waals surface area contributed by atoms with Crippen molar-refractivity contribution in [3.8, 4) is 17.0 Å². The second-order valence-corrected chi connectivity index (χ2v) is 7.49. The normalized spacial score (nSPS) is 10.7. The maximum Gasteiger partial charge on any atom is 0.257 e. The van der Waals surface area contributed by atoms with E-state index in [4.69, 9.17) is 4.74 Å². The molecule has 0 saturated carbocycles. The molecule has 1 aromatic carbocycles. The number of amides is 1. The molecular weight excluding hydrogens is 347 g/mol. The van der Waals surface area contributed by atoms with Gasteiger partial charge in [-0.2, -0.15) is 0 Å². The van der Waals surface area contributed by atoms with Gasteiger partial charge in [0.2, 0.25) is 0 Å². The summed E-state index contributed by atoms with van der Waals surface area (Å²) in [7, 11) is 1.38. The number of methoxy groups -OCH3 is 1.